The van der Waals surface area contributed by atoms with Gasteiger partial charge in [0, 0.05) is 19.2 Å². The van der Waals surface area contributed by atoms with Gasteiger partial charge in [-0.05, 0) is 6.07 Å². The lowest BCUT2D eigenvalue weighted by atomic mass is 9.96. The number of carbonyl (C=O) groups is 2. The van der Waals surface area contributed by atoms with E-state index in [1.54, 1.807) is 0 Å². The highest BCUT2D eigenvalue weighted by Crippen LogP contribution is 2.44. The predicted molar refractivity (Wildman–Crippen MR) is 66.8 cm³/mol. The van der Waals surface area contributed by atoms with E-state index in [0.717, 1.165) is 12.3 Å². The fourth-order valence-electron chi connectivity index (χ4n) is 2.54. The molecule has 0 aromatic carbocycles. The molecule has 4 N–H and O–H groups in total. The number of anilines is 1. The highest BCUT2D eigenvalue weighted by Gasteiger charge is 2.53. The number of nitrogens with two attached hydrogens (primary N) is 1. The Kier molecular flexibility index (Phi) is 3.02. The molecule has 10 heteroatoms. The van der Waals surface area contributed by atoms with Crippen molar-refractivity contribution in [2.24, 2.45) is 5.73 Å². The van der Waals surface area contributed by atoms with E-state index in [4.69, 9.17) is 10.5 Å². The van der Waals surface area contributed by atoms with Crippen LogP contribution in [0.3, 0.4) is 0 Å². The van der Waals surface area contributed by atoms with Crippen LogP contribution in [0.25, 0.3) is 0 Å². The molecule has 22 heavy (non-hydrogen) atoms. The molecular formula is C12H11F3N4O3. The minimum atomic E-state index is -4.66. The Balaban J connectivity index is 2.02. The van der Waals surface area contributed by atoms with Crippen molar-refractivity contribution in [3.05, 3.63) is 17.8 Å². The summed E-state index contributed by atoms with van der Waals surface area (Å²) in [6.07, 6.45) is -3.88. The lowest BCUT2D eigenvalue weighted by Gasteiger charge is -2.34. The van der Waals surface area contributed by atoms with E-state index in [0.29, 0.717) is 0 Å². The van der Waals surface area contributed by atoms with Gasteiger partial charge in [-0.2, -0.15) is 13.2 Å². The van der Waals surface area contributed by atoms with Crippen LogP contribution in [0.5, 0.6) is 5.75 Å². The van der Waals surface area contributed by atoms with Crippen LogP contribution >= 0.6 is 0 Å². The van der Waals surface area contributed by atoms with Crippen LogP contribution in [-0.2, 0) is 15.8 Å². The quantitative estimate of drug-likeness (QED) is 0.677. The number of amides is 2. The molecule has 1 saturated heterocycles. The first-order valence-electron chi connectivity index (χ1n) is 6.32. The van der Waals surface area contributed by atoms with Gasteiger partial charge in [-0.3, -0.25) is 9.59 Å². The van der Waals surface area contributed by atoms with Crippen molar-refractivity contribution in [3.63, 3.8) is 0 Å². The highest BCUT2D eigenvalue weighted by atomic mass is 19.4. The minimum Gasteiger partial charge on any atom is -0.471 e. The van der Waals surface area contributed by atoms with E-state index in [9.17, 15) is 22.8 Å². The standard InChI is InChI=1S/C12H11F3N4O3/c13-12(14,15)5-1-2-17-9-7(5)22-11(10(21)19-9)3-6(8(16)20)18-4-11/h1-2,6,18H,3-4H2,(H2,16,20)(H,17,19,21)/t6-,11+/m0/s1. The zero-order valence-corrected chi connectivity index (χ0v) is 11.0. The van der Waals surface area contributed by atoms with Crippen LogP contribution in [0.4, 0.5) is 19.0 Å². The van der Waals surface area contributed by atoms with Crippen LogP contribution in [0, 0.1) is 0 Å². The number of nitrogens with one attached hydrogen (secondary N) is 2. The number of nitrogens with zero attached hydrogens (tertiary/aromatic N) is 1. The molecule has 7 nitrogen and oxygen atoms in total. The minimum absolute atomic E-state index is 0.127. The average Bonchev–Trinajstić information content (AvgIpc) is 2.84. The topological polar surface area (TPSA) is 106 Å². The van der Waals surface area contributed by atoms with Crippen molar-refractivity contribution in [3.8, 4) is 5.75 Å². The number of aromatic nitrogens is 1. The van der Waals surface area contributed by atoms with Gasteiger partial charge in [0.25, 0.3) is 5.91 Å². The first-order chi connectivity index (χ1) is 10.2. The Hall–Kier alpha value is -2.36. The molecule has 3 heterocycles. The maximum atomic E-state index is 13.0. The maximum Gasteiger partial charge on any atom is 0.420 e. The summed E-state index contributed by atoms with van der Waals surface area (Å²) in [5.41, 5.74) is 2.49. The monoisotopic (exact) mass is 316 g/mol. The molecule has 2 aliphatic heterocycles. The zero-order chi connectivity index (χ0) is 16.1. The van der Waals surface area contributed by atoms with E-state index in [1.807, 2.05) is 0 Å². The summed E-state index contributed by atoms with van der Waals surface area (Å²) in [4.78, 5) is 27.0. The van der Waals surface area contributed by atoms with E-state index in [-0.39, 0.29) is 18.8 Å². The molecule has 118 valence electrons. The molecule has 1 aromatic heterocycles. The lowest BCUT2D eigenvalue weighted by Crippen LogP contribution is -2.53. The second kappa shape index (κ2) is 4.57. The first-order valence-corrected chi connectivity index (χ1v) is 6.32. The number of halogens is 3. The summed E-state index contributed by atoms with van der Waals surface area (Å²) >= 11 is 0. The Labute approximate surface area is 122 Å². The van der Waals surface area contributed by atoms with Gasteiger partial charge in [-0.1, -0.05) is 0 Å². The van der Waals surface area contributed by atoms with Gasteiger partial charge in [-0.15, -0.1) is 0 Å². The van der Waals surface area contributed by atoms with Crippen molar-refractivity contribution in [1.29, 1.82) is 0 Å². The molecule has 0 unspecified atom stereocenters. The summed E-state index contributed by atoms with van der Waals surface area (Å²) in [6, 6.07) is -0.0869. The fourth-order valence-corrected chi connectivity index (χ4v) is 2.54. The molecule has 2 aliphatic rings. The third-order valence-corrected chi connectivity index (χ3v) is 3.66. The van der Waals surface area contributed by atoms with Crippen molar-refractivity contribution in [2.75, 3.05) is 11.9 Å². The number of carbonyl (C=O) groups excluding carboxylic acids is 2. The smallest absolute Gasteiger partial charge is 0.420 e. The van der Waals surface area contributed by atoms with Crippen molar-refractivity contribution >= 4 is 17.6 Å². The van der Waals surface area contributed by atoms with E-state index >= 15 is 0 Å². The second-order valence-corrected chi connectivity index (χ2v) is 5.12. The molecule has 0 bridgehead atoms. The van der Waals surface area contributed by atoms with Crippen molar-refractivity contribution in [1.82, 2.24) is 10.3 Å². The Morgan fingerprint density at radius 2 is 2.23 bits per heavy atom. The number of hydrogen-bond donors (Lipinski definition) is 3. The van der Waals surface area contributed by atoms with Gasteiger partial charge in [0.15, 0.2) is 11.6 Å². The van der Waals surface area contributed by atoms with Gasteiger partial charge >= 0.3 is 6.18 Å². The van der Waals surface area contributed by atoms with Crippen LogP contribution < -0.4 is 21.1 Å². The van der Waals surface area contributed by atoms with Crippen LogP contribution in [-0.4, -0.2) is 35.0 Å². The number of rotatable bonds is 1. The van der Waals surface area contributed by atoms with E-state index < -0.39 is 40.9 Å². The zero-order valence-electron chi connectivity index (χ0n) is 11.0. The van der Waals surface area contributed by atoms with Crippen LogP contribution in [0.2, 0.25) is 0 Å². The molecule has 2 amide bonds. The van der Waals surface area contributed by atoms with Gasteiger partial charge < -0.3 is 21.1 Å². The number of primary amides is 1. The summed E-state index contributed by atoms with van der Waals surface area (Å²) in [5.74, 6) is -2.22. The third kappa shape index (κ3) is 2.15. The molecule has 0 aliphatic carbocycles. The maximum absolute atomic E-state index is 13.0. The normalized spacial score (nSPS) is 27.2. The number of hydrogen-bond acceptors (Lipinski definition) is 5. The lowest BCUT2D eigenvalue weighted by molar-refractivity contribution is -0.143. The summed E-state index contributed by atoms with van der Waals surface area (Å²) in [7, 11) is 0. The fraction of sp³-hybridized carbons (Fsp3) is 0.417. The number of fused-ring (bicyclic) bond motifs is 1. The average molecular weight is 316 g/mol. The molecule has 1 spiro atoms. The molecule has 0 saturated carbocycles. The molecule has 0 radical (unpaired) electrons. The van der Waals surface area contributed by atoms with E-state index in [2.05, 4.69) is 15.6 Å². The predicted octanol–water partition coefficient (Wildman–Crippen LogP) is 0.0173. The molecule has 1 aromatic rings. The SMILES string of the molecule is NC(=O)[C@@H]1C[C@]2(CN1)Oc1c(C(F)(F)F)ccnc1NC2=O. The molecule has 2 atom stereocenters. The largest absolute Gasteiger partial charge is 0.471 e. The van der Waals surface area contributed by atoms with Gasteiger partial charge in [0.2, 0.25) is 11.5 Å². The molecule has 1 fully saturated rings. The molecule has 3 rings (SSSR count). The second-order valence-electron chi connectivity index (χ2n) is 5.12. The highest BCUT2D eigenvalue weighted by molar-refractivity contribution is 6.01. The number of alkyl halides is 3. The first kappa shape index (κ1) is 14.6. The van der Waals surface area contributed by atoms with Crippen molar-refractivity contribution in [2.45, 2.75) is 24.2 Å². The number of pyridine rings is 1. The van der Waals surface area contributed by atoms with Gasteiger partial charge in [-0.25, -0.2) is 4.98 Å². The summed E-state index contributed by atoms with van der Waals surface area (Å²) in [6.45, 7) is -0.127. The Morgan fingerprint density at radius 1 is 1.50 bits per heavy atom. The Bertz CT molecular complexity index is 664. The summed E-state index contributed by atoms with van der Waals surface area (Å²) in [5, 5.41) is 4.97. The molecular weight excluding hydrogens is 305 g/mol. The Morgan fingerprint density at radius 3 is 2.82 bits per heavy atom. The number of ether oxygens (including phenoxy) is 1. The van der Waals surface area contributed by atoms with Gasteiger partial charge in [0.1, 0.15) is 5.56 Å². The van der Waals surface area contributed by atoms with Crippen molar-refractivity contribution < 1.29 is 27.5 Å². The van der Waals surface area contributed by atoms with E-state index in [1.165, 1.54) is 0 Å². The summed E-state index contributed by atoms with van der Waals surface area (Å²) < 4.78 is 44.5. The van der Waals surface area contributed by atoms with Gasteiger partial charge in [0.05, 0.1) is 6.04 Å². The van der Waals surface area contributed by atoms with Crippen LogP contribution in [0.15, 0.2) is 12.3 Å². The third-order valence-electron chi connectivity index (χ3n) is 3.66. The van der Waals surface area contributed by atoms with Crippen LogP contribution in [0.1, 0.15) is 12.0 Å².